The van der Waals surface area contributed by atoms with Crippen molar-refractivity contribution in [3.8, 4) is 11.5 Å². The average Bonchev–Trinajstić information content (AvgIpc) is 3.40. The quantitative estimate of drug-likeness (QED) is 0.641. The monoisotopic (exact) mass is 452 g/mol. The first-order chi connectivity index (χ1) is 15.5. The van der Waals surface area contributed by atoms with Crippen LogP contribution in [0.5, 0.6) is 11.5 Å². The van der Waals surface area contributed by atoms with Crippen LogP contribution >= 0.6 is 11.6 Å². The zero-order chi connectivity index (χ0) is 22.1. The van der Waals surface area contributed by atoms with Gasteiger partial charge in [-0.2, -0.15) is 5.10 Å². The Morgan fingerprint density at radius 1 is 1.16 bits per heavy atom. The van der Waals surface area contributed by atoms with E-state index in [0.717, 1.165) is 11.4 Å². The van der Waals surface area contributed by atoms with Crippen molar-refractivity contribution in [2.75, 3.05) is 23.4 Å². The Bertz CT molecular complexity index is 1150. The Kier molecular flexibility index (Phi) is 5.45. The highest BCUT2D eigenvalue weighted by molar-refractivity contribution is 6.30. The lowest BCUT2D eigenvalue weighted by molar-refractivity contribution is -0.122. The van der Waals surface area contributed by atoms with Crippen LogP contribution in [0.2, 0.25) is 5.02 Å². The summed E-state index contributed by atoms with van der Waals surface area (Å²) < 4.78 is 13.4. The number of hydrogen-bond acceptors (Lipinski definition) is 5. The van der Waals surface area contributed by atoms with E-state index in [1.54, 1.807) is 46.2 Å². The van der Waals surface area contributed by atoms with E-state index in [2.05, 4.69) is 10.4 Å². The molecular formula is C23H21ClN4O4. The van der Waals surface area contributed by atoms with Gasteiger partial charge < -0.3 is 19.7 Å². The highest BCUT2D eigenvalue weighted by Crippen LogP contribution is 2.31. The van der Waals surface area contributed by atoms with Crippen LogP contribution in [0.3, 0.4) is 0 Å². The molecule has 2 aromatic carbocycles. The molecule has 0 saturated carbocycles. The second-order valence-corrected chi connectivity index (χ2v) is 8.26. The number of hydrogen-bond donors (Lipinski definition) is 1. The third-order valence-corrected chi connectivity index (χ3v) is 5.75. The van der Waals surface area contributed by atoms with Crippen LogP contribution in [-0.4, -0.2) is 40.9 Å². The van der Waals surface area contributed by atoms with Gasteiger partial charge in [0.15, 0.2) is 17.6 Å². The van der Waals surface area contributed by atoms with Gasteiger partial charge in [-0.05, 0) is 36.4 Å². The Morgan fingerprint density at radius 2 is 1.94 bits per heavy atom. The maximum Gasteiger partial charge on any atom is 0.229 e. The number of halogens is 1. The minimum absolute atomic E-state index is 0.0853. The van der Waals surface area contributed by atoms with Crippen molar-refractivity contribution in [3.05, 3.63) is 65.9 Å². The number of nitrogens with zero attached hydrogens (tertiary/aromatic N) is 3. The molecule has 2 amide bonds. The van der Waals surface area contributed by atoms with Crippen molar-refractivity contribution in [2.24, 2.45) is 5.92 Å². The van der Waals surface area contributed by atoms with Crippen LogP contribution in [0, 0.1) is 5.92 Å². The van der Waals surface area contributed by atoms with Gasteiger partial charge in [0, 0.05) is 29.9 Å². The summed E-state index contributed by atoms with van der Waals surface area (Å²) in [7, 11) is 0. The number of fused-ring (bicyclic) bond motifs is 1. The molecule has 0 radical (unpaired) electrons. The number of ether oxygens (including phenoxy) is 2. The summed E-state index contributed by atoms with van der Waals surface area (Å²) >= 11 is 5.92. The van der Waals surface area contributed by atoms with Crippen molar-refractivity contribution in [2.45, 2.75) is 19.1 Å². The first-order valence-electron chi connectivity index (χ1n) is 10.3. The zero-order valence-corrected chi connectivity index (χ0v) is 17.9. The van der Waals surface area contributed by atoms with E-state index >= 15 is 0 Å². The number of carbonyl (C=O) groups is 2. The summed E-state index contributed by atoms with van der Waals surface area (Å²) in [4.78, 5) is 26.8. The summed E-state index contributed by atoms with van der Waals surface area (Å²) in [6.45, 7) is 1.23. The fourth-order valence-electron chi connectivity index (χ4n) is 3.89. The SMILES string of the molecule is O=C(Nc1cnn(CC2COc3ccccc3O2)c1)C1CC(=O)N(c2ccc(Cl)cc2)C1. The Hall–Kier alpha value is -3.52. The molecule has 1 N–H and O–H groups in total. The molecule has 3 aromatic rings. The molecule has 1 aromatic heterocycles. The number of rotatable bonds is 5. The number of amides is 2. The molecule has 1 saturated heterocycles. The van der Waals surface area contributed by atoms with Gasteiger partial charge in [0.25, 0.3) is 0 Å². The number of carbonyl (C=O) groups excluding carboxylic acids is 2. The predicted molar refractivity (Wildman–Crippen MR) is 119 cm³/mol. The van der Waals surface area contributed by atoms with Crippen molar-refractivity contribution < 1.29 is 19.1 Å². The molecule has 0 bridgehead atoms. The number of benzene rings is 2. The second-order valence-electron chi connectivity index (χ2n) is 7.82. The molecule has 9 heteroatoms. The average molecular weight is 453 g/mol. The number of para-hydroxylation sites is 2. The molecule has 2 aliphatic rings. The minimum Gasteiger partial charge on any atom is -0.486 e. The molecule has 0 spiro atoms. The molecule has 2 atom stereocenters. The van der Waals surface area contributed by atoms with Crippen LogP contribution in [0.4, 0.5) is 11.4 Å². The lowest BCUT2D eigenvalue weighted by Crippen LogP contribution is -2.33. The van der Waals surface area contributed by atoms with Gasteiger partial charge >= 0.3 is 0 Å². The normalized spacial score (nSPS) is 19.8. The van der Waals surface area contributed by atoms with Crippen LogP contribution in [0.1, 0.15) is 6.42 Å². The molecule has 32 heavy (non-hydrogen) atoms. The summed E-state index contributed by atoms with van der Waals surface area (Å²) in [5, 5.41) is 7.77. The third kappa shape index (κ3) is 4.27. The molecule has 2 aliphatic heterocycles. The Balaban J connectivity index is 1.17. The molecule has 5 rings (SSSR count). The standard InChI is InChI=1S/C23H21ClN4O4/c24-16-5-7-18(8-6-16)28-11-15(9-22(28)29)23(30)26-17-10-25-27(12-17)13-19-14-31-20-3-1-2-4-21(20)32-19/h1-8,10,12,15,19H,9,11,13-14H2,(H,26,30). The molecular weight excluding hydrogens is 432 g/mol. The maximum atomic E-state index is 12.7. The van der Waals surface area contributed by atoms with Gasteiger partial charge in [-0.3, -0.25) is 14.3 Å². The first-order valence-corrected chi connectivity index (χ1v) is 10.7. The topological polar surface area (TPSA) is 85.7 Å². The minimum atomic E-state index is -0.437. The number of aromatic nitrogens is 2. The molecule has 2 unspecified atom stereocenters. The number of anilines is 2. The first kappa shape index (κ1) is 20.4. The molecule has 164 valence electrons. The molecule has 0 aliphatic carbocycles. The largest absolute Gasteiger partial charge is 0.486 e. The van der Waals surface area contributed by atoms with Gasteiger partial charge in [0.05, 0.1) is 24.3 Å². The van der Waals surface area contributed by atoms with Crippen molar-refractivity contribution >= 4 is 34.8 Å². The summed E-state index contributed by atoms with van der Waals surface area (Å²) in [6.07, 6.45) is 3.31. The van der Waals surface area contributed by atoms with Crippen LogP contribution < -0.4 is 19.7 Å². The Labute approximate surface area is 189 Å². The van der Waals surface area contributed by atoms with Crippen molar-refractivity contribution in [1.29, 1.82) is 0 Å². The van der Waals surface area contributed by atoms with Crippen molar-refractivity contribution in [3.63, 3.8) is 0 Å². The van der Waals surface area contributed by atoms with E-state index < -0.39 is 5.92 Å². The summed E-state index contributed by atoms with van der Waals surface area (Å²) in [5.74, 6) is 0.711. The number of nitrogens with one attached hydrogen (secondary N) is 1. The van der Waals surface area contributed by atoms with Gasteiger partial charge in [-0.15, -0.1) is 0 Å². The van der Waals surface area contributed by atoms with E-state index in [4.69, 9.17) is 21.1 Å². The molecule has 1 fully saturated rings. The maximum absolute atomic E-state index is 12.7. The lowest BCUT2D eigenvalue weighted by Gasteiger charge is -2.26. The highest BCUT2D eigenvalue weighted by atomic mass is 35.5. The van der Waals surface area contributed by atoms with Crippen molar-refractivity contribution in [1.82, 2.24) is 9.78 Å². The van der Waals surface area contributed by atoms with Crippen LogP contribution in [-0.2, 0) is 16.1 Å². The summed E-state index contributed by atoms with van der Waals surface area (Å²) in [5.41, 5.74) is 1.31. The smallest absolute Gasteiger partial charge is 0.229 e. The zero-order valence-electron chi connectivity index (χ0n) is 17.1. The Morgan fingerprint density at radius 3 is 2.75 bits per heavy atom. The second kappa shape index (κ2) is 8.55. The van der Waals surface area contributed by atoms with Crippen LogP contribution in [0.25, 0.3) is 0 Å². The highest BCUT2D eigenvalue weighted by Gasteiger charge is 2.35. The van der Waals surface area contributed by atoms with Crippen LogP contribution in [0.15, 0.2) is 60.9 Å². The lowest BCUT2D eigenvalue weighted by atomic mass is 10.1. The van der Waals surface area contributed by atoms with Gasteiger partial charge in [-0.25, -0.2) is 0 Å². The van der Waals surface area contributed by atoms with E-state index in [9.17, 15) is 9.59 Å². The van der Waals surface area contributed by atoms with E-state index in [0.29, 0.717) is 36.2 Å². The predicted octanol–water partition coefficient (Wildman–Crippen LogP) is 3.37. The third-order valence-electron chi connectivity index (χ3n) is 5.49. The fraction of sp³-hybridized carbons (Fsp3) is 0.261. The van der Waals surface area contributed by atoms with E-state index in [1.807, 2.05) is 24.3 Å². The molecule has 8 nitrogen and oxygen atoms in total. The van der Waals surface area contributed by atoms with E-state index in [-0.39, 0.29) is 24.3 Å². The summed E-state index contributed by atoms with van der Waals surface area (Å²) in [6, 6.07) is 14.5. The fourth-order valence-corrected chi connectivity index (χ4v) is 4.01. The van der Waals surface area contributed by atoms with Gasteiger partial charge in [-0.1, -0.05) is 23.7 Å². The van der Waals surface area contributed by atoms with E-state index in [1.165, 1.54) is 0 Å². The molecule has 3 heterocycles. The van der Waals surface area contributed by atoms with Gasteiger partial charge in [0.1, 0.15) is 6.61 Å². The van der Waals surface area contributed by atoms with Gasteiger partial charge in [0.2, 0.25) is 11.8 Å².